The van der Waals surface area contributed by atoms with Crippen molar-refractivity contribution >= 4 is 11.8 Å². The number of hydrogen-bond donors (Lipinski definition) is 1. The van der Waals surface area contributed by atoms with E-state index in [1.807, 2.05) is 48.2 Å². The van der Waals surface area contributed by atoms with Crippen molar-refractivity contribution in [1.29, 1.82) is 0 Å². The summed E-state index contributed by atoms with van der Waals surface area (Å²) in [7, 11) is 0. The number of aryl methyl sites for hydroxylation is 1. The maximum atomic E-state index is 12.4. The third-order valence-electron chi connectivity index (χ3n) is 4.42. The van der Waals surface area contributed by atoms with Gasteiger partial charge in [0.1, 0.15) is 5.69 Å². The van der Waals surface area contributed by atoms with Gasteiger partial charge in [-0.1, -0.05) is 18.2 Å². The fraction of sp³-hybridized carbons (Fsp3) is 0.350. The van der Waals surface area contributed by atoms with E-state index < -0.39 is 0 Å². The Bertz CT molecular complexity index is 750. The van der Waals surface area contributed by atoms with E-state index in [9.17, 15) is 9.59 Å². The lowest BCUT2D eigenvalue weighted by molar-refractivity contribution is 0.0724. The molecule has 130 valence electrons. The summed E-state index contributed by atoms with van der Waals surface area (Å²) in [6.07, 6.45) is 3.38. The number of nitrogens with zero attached hydrogens (tertiary/aromatic N) is 2. The minimum atomic E-state index is -0.197. The lowest BCUT2D eigenvalue weighted by Crippen LogP contribution is -2.35. The minimum absolute atomic E-state index is 0.0965. The van der Waals surface area contributed by atoms with Crippen LogP contribution in [0.3, 0.4) is 0 Å². The number of nitrogens with one attached hydrogen (secondary N) is 1. The largest absolute Gasteiger partial charge is 0.347 e. The molecule has 2 amide bonds. The summed E-state index contributed by atoms with van der Waals surface area (Å²) >= 11 is 0. The SMILES string of the molecule is Cc1cccc(C(=O)NCc2ccc(C(=O)N3CCCCC3)cc2)n1. The Morgan fingerprint density at radius 3 is 2.44 bits per heavy atom. The number of rotatable bonds is 4. The first-order valence-electron chi connectivity index (χ1n) is 8.73. The molecule has 0 atom stereocenters. The Kier molecular flexibility index (Phi) is 5.43. The first-order valence-corrected chi connectivity index (χ1v) is 8.73. The summed E-state index contributed by atoms with van der Waals surface area (Å²) in [5.74, 6) is -0.101. The second-order valence-electron chi connectivity index (χ2n) is 6.40. The molecule has 25 heavy (non-hydrogen) atoms. The monoisotopic (exact) mass is 337 g/mol. The van der Waals surface area contributed by atoms with Crippen molar-refractivity contribution in [1.82, 2.24) is 15.2 Å². The standard InChI is InChI=1S/C20H23N3O2/c1-15-6-5-7-18(22-15)19(24)21-14-16-8-10-17(11-9-16)20(25)23-12-3-2-4-13-23/h5-11H,2-4,12-14H2,1H3,(H,21,24). The molecule has 1 aliphatic heterocycles. The number of carbonyl (C=O) groups is 2. The summed E-state index contributed by atoms with van der Waals surface area (Å²) in [5.41, 5.74) is 2.89. The lowest BCUT2D eigenvalue weighted by Gasteiger charge is -2.26. The number of pyridine rings is 1. The summed E-state index contributed by atoms with van der Waals surface area (Å²) in [6.45, 7) is 3.96. The van der Waals surface area contributed by atoms with Crippen LogP contribution in [0.4, 0.5) is 0 Å². The van der Waals surface area contributed by atoms with Crippen LogP contribution in [0.1, 0.15) is 51.4 Å². The van der Waals surface area contributed by atoms with Crippen molar-refractivity contribution in [3.8, 4) is 0 Å². The number of piperidine rings is 1. The minimum Gasteiger partial charge on any atom is -0.347 e. The summed E-state index contributed by atoms with van der Waals surface area (Å²) in [6, 6.07) is 12.8. The van der Waals surface area contributed by atoms with E-state index >= 15 is 0 Å². The molecule has 5 nitrogen and oxygen atoms in total. The Balaban J connectivity index is 1.57. The zero-order chi connectivity index (χ0) is 17.6. The summed E-state index contributed by atoms with van der Waals surface area (Å²) in [5, 5.41) is 2.86. The van der Waals surface area contributed by atoms with Crippen LogP contribution < -0.4 is 5.32 Å². The normalized spacial score (nSPS) is 14.2. The molecular weight excluding hydrogens is 314 g/mol. The van der Waals surface area contributed by atoms with Gasteiger partial charge in [-0.05, 0) is 56.0 Å². The highest BCUT2D eigenvalue weighted by Crippen LogP contribution is 2.14. The molecule has 2 aromatic rings. The van der Waals surface area contributed by atoms with Crippen LogP contribution in [-0.4, -0.2) is 34.8 Å². The third kappa shape index (κ3) is 4.44. The van der Waals surface area contributed by atoms with E-state index in [4.69, 9.17) is 0 Å². The molecule has 2 heterocycles. The van der Waals surface area contributed by atoms with Crippen molar-refractivity contribution < 1.29 is 9.59 Å². The molecule has 1 aliphatic rings. The maximum absolute atomic E-state index is 12.4. The average Bonchev–Trinajstić information content (AvgIpc) is 2.66. The Hall–Kier alpha value is -2.69. The van der Waals surface area contributed by atoms with Crippen molar-refractivity contribution in [3.05, 3.63) is 65.0 Å². The molecule has 0 spiro atoms. The van der Waals surface area contributed by atoms with E-state index in [1.54, 1.807) is 6.07 Å². The van der Waals surface area contributed by atoms with Crippen LogP contribution in [0.25, 0.3) is 0 Å². The number of amides is 2. The van der Waals surface area contributed by atoms with Crippen molar-refractivity contribution in [3.63, 3.8) is 0 Å². The fourth-order valence-corrected chi connectivity index (χ4v) is 2.99. The van der Waals surface area contributed by atoms with Crippen LogP contribution in [0.5, 0.6) is 0 Å². The maximum Gasteiger partial charge on any atom is 0.270 e. The number of likely N-dealkylation sites (tertiary alicyclic amines) is 1. The Morgan fingerprint density at radius 2 is 1.76 bits per heavy atom. The Morgan fingerprint density at radius 1 is 1.04 bits per heavy atom. The van der Waals surface area contributed by atoms with Gasteiger partial charge >= 0.3 is 0 Å². The first-order chi connectivity index (χ1) is 12.1. The number of aromatic nitrogens is 1. The van der Waals surface area contributed by atoms with E-state index in [1.165, 1.54) is 6.42 Å². The van der Waals surface area contributed by atoms with Gasteiger partial charge in [0.2, 0.25) is 0 Å². The highest BCUT2D eigenvalue weighted by molar-refractivity contribution is 5.94. The number of benzene rings is 1. The van der Waals surface area contributed by atoms with Gasteiger partial charge in [-0.25, -0.2) is 4.98 Å². The van der Waals surface area contributed by atoms with Gasteiger partial charge < -0.3 is 10.2 Å². The predicted octanol–water partition coefficient (Wildman–Crippen LogP) is 2.95. The highest BCUT2D eigenvalue weighted by atomic mass is 16.2. The highest BCUT2D eigenvalue weighted by Gasteiger charge is 2.17. The molecule has 1 aromatic carbocycles. The zero-order valence-corrected chi connectivity index (χ0v) is 14.5. The van der Waals surface area contributed by atoms with Gasteiger partial charge in [0.05, 0.1) is 0 Å². The van der Waals surface area contributed by atoms with E-state index in [-0.39, 0.29) is 11.8 Å². The zero-order valence-electron chi connectivity index (χ0n) is 14.5. The second-order valence-corrected chi connectivity index (χ2v) is 6.40. The lowest BCUT2D eigenvalue weighted by atomic mass is 10.1. The van der Waals surface area contributed by atoms with Crippen LogP contribution in [0, 0.1) is 6.92 Å². The molecule has 0 aliphatic carbocycles. The van der Waals surface area contributed by atoms with Gasteiger partial charge in [-0.15, -0.1) is 0 Å². The number of carbonyl (C=O) groups excluding carboxylic acids is 2. The van der Waals surface area contributed by atoms with Gasteiger partial charge in [0.25, 0.3) is 11.8 Å². The molecule has 0 saturated carbocycles. The van der Waals surface area contributed by atoms with E-state index in [0.717, 1.165) is 37.2 Å². The molecule has 5 heteroatoms. The average molecular weight is 337 g/mol. The fourth-order valence-electron chi connectivity index (χ4n) is 2.99. The van der Waals surface area contributed by atoms with Crippen LogP contribution in [0.2, 0.25) is 0 Å². The molecule has 1 N–H and O–H groups in total. The van der Waals surface area contributed by atoms with Gasteiger partial charge in [0, 0.05) is 30.9 Å². The number of hydrogen-bond acceptors (Lipinski definition) is 3. The topological polar surface area (TPSA) is 62.3 Å². The smallest absolute Gasteiger partial charge is 0.270 e. The molecule has 0 bridgehead atoms. The summed E-state index contributed by atoms with van der Waals surface area (Å²) < 4.78 is 0. The molecule has 1 saturated heterocycles. The summed E-state index contributed by atoms with van der Waals surface area (Å²) in [4.78, 5) is 30.7. The molecule has 3 rings (SSSR count). The van der Waals surface area contributed by atoms with Crippen molar-refractivity contribution in [2.45, 2.75) is 32.7 Å². The second kappa shape index (κ2) is 7.92. The van der Waals surface area contributed by atoms with Crippen LogP contribution >= 0.6 is 0 Å². The van der Waals surface area contributed by atoms with Gasteiger partial charge in [0.15, 0.2) is 0 Å². The van der Waals surface area contributed by atoms with Gasteiger partial charge in [-0.3, -0.25) is 9.59 Å². The molecule has 1 aromatic heterocycles. The van der Waals surface area contributed by atoms with Crippen molar-refractivity contribution in [2.75, 3.05) is 13.1 Å². The van der Waals surface area contributed by atoms with Crippen LogP contribution in [-0.2, 0) is 6.54 Å². The molecular formula is C20H23N3O2. The first kappa shape index (κ1) is 17.1. The van der Waals surface area contributed by atoms with E-state index in [0.29, 0.717) is 17.8 Å². The third-order valence-corrected chi connectivity index (χ3v) is 4.42. The predicted molar refractivity (Wildman–Crippen MR) is 96.3 cm³/mol. The van der Waals surface area contributed by atoms with Crippen molar-refractivity contribution in [2.24, 2.45) is 0 Å². The van der Waals surface area contributed by atoms with Crippen LogP contribution in [0.15, 0.2) is 42.5 Å². The molecule has 0 radical (unpaired) electrons. The Labute approximate surface area is 148 Å². The molecule has 0 unspecified atom stereocenters. The molecule has 1 fully saturated rings. The van der Waals surface area contributed by atoms with Gasteiger partial charge in [-0.2, -0.15) is 0 Å². The van der Waals surface area contributed by atoms with E-state index in [2.05, 4.69) is 10.3 Å². The quantitative estimate of drug-likeness (QED) is 0.933.